The van der Waals surface area contributed by atoms with Gasteiger partial charge in [-0.15, -0.1) is 0 Å². The summed E-state index contributed by atoms with van der Waals surface area (Å²) in [4.78, 5) is 21.8. The van der Waals surface area contributed by atoms with Crippen LogP contribution in [-0.4, -0.2) is 46.6 Å². The van der Waals surface area contributed by atoms with Gasteiger partial charge in [0.05, 0.1) is 12.1 Å². The monoisotopic (exact) mass is 406 g/mol. The molecule has 2 heterocycles. The van der Waals surface area contributed by atoms with Crippen LogP contribution >= 0.6 is 0 Å². The number of hydrogen-bond acceptors (Lipinski definition) is 6. The highest BCUT2D eigenvalue weighted by molar-refractivity contribution is 5.78. The zero-order valence-corrected chi connectivity index (χ0v) is 15.2. The van der Waals surface area contributed by atoms with Crippen LogP contribution in [0, 0.1) is 11.3 Å². The summed E-state index contributed by atoms with van der Waals surface area (Å²) in [6, 6.07) is 6.27. The molecule has 0 radical (unpaired) electrons. The van der Waals surface area contributed by atoms with Gasteiger partial charge in [-0.2, -0.15) is 18.4 Å². The number of carbonyl (C=O) groups is 1. The summed E-state index contributed by atoms with van der Waals surface area (Å²) >= 11 is 0. The van der Waals surface area contributed by atoms with Gasteiger partial charge in [0.15, 0.2) is 6.61 Å². The van der Waals surface area contributed by atoms with Crippen molar-refractivity contribution >= 4 is 5.91 Å². The van der Waals surface area contributed by atoms with Gasteiger partial charge < -0.3 is 14.4 Å². The molecule has 3 rings (SSSR count). The van der Waals surface area contributed by atoms with Crippen molar-refractivity contribution in [1.82, 2.24) is 14.9 Å². The van der Waals surface area contributed by atoms with E-state index in [9.17, 15) is 18.0 Å². The Morgan fingerprint density at radius 3 is 2.86 bits per heavy atom. The number of rotatable bonds is 5. The van der Waals surface area contributed by atoms with Crippen LogP contribution in [0.2, 0.25) is 0 Å². The molecule has 1 aliphatic heterocycles. The van der Waals surface area contributed by atoms with Crippen molar-refractivity contribution in [2.24, 2.45) is 0 Å². The van der Waals surface area contributed by atoms with E-state index in [2.05, 4.69) is 9.97 Å². The highest BCUT2D eigenvalue weighted by Crippen LogP contribution is 2.31. The summed E-state index contributed by atoms with van der Waals surface area (Å²) < 4.78 is 49.2. The molecular formula is C19H17F3N4O3. The highest BCUT2D eigenvalue weighted by Gasteiger charge is 2.31. The van der Waals surface area contributed by atoms with Crippen LogP contribution in [0.25, 0.3) is 0 Å². The normalized spacial score (nSPS) is 16.8. The van der Waals surface area contributed by atoms with Crippen molar-refractivity contribution in [2.75, 3.05) is 19.7 Å². The van der Waals surface area contributed by atoms with E-state index in [0.29, 0.717) is 19.4 Å². The molecule has 1 aromatic carbocycles. The molecule has 0 saturated carbocycles. The van der Waals surface area contributed by atoms with Gasteiger partial charge in [0.25, 0.3) is 11.8 Å². The number of halogens is 3. The number of carbonyl (C=O) groups excluding carboxylic acids is 1. The maximum absolute atomic E-state index is 12.8. The smallest absolute Gasteiger partial charge is 0.416 e. The van der Waals surface area contributed by atoms with Gasteiger partial charge in [0, 0.05) is 18.9 Å². The van der Waals surface area contributed by atoms with Crippen molar-refractivity contribution in [2.45, 2.75) is 25.1 Å². The first-order chi connectivity index (χ1) is 13.9. The average Bonchev–Trinajstić information content (AvgIpc) is 2.72. The van der Waals surface area contributed by atoms with Crippen molar-refractivity contribution in [3.8, 4) is 17.7 Å². The number of ether oxygens (including phenoxy) is 2. The van der Waals surface area contributed by atoms with Gasteiger partial charge in [-0.05, 0) is 31.0 Å². The van der Waals surface area contributed by atoms with E-state index in [-0.39, 0.29) is 42.5 Å². The predicted molar refractivity (Wildman–Crippen MR) is 93.9 cm³/mol. The summed E-state index contributed by atoms with van der Waals surface area (Å²) in [6.45, 7) is 0.352. The molecule has 1 fully saturated rings. The maximum atomic E-state index is 12.8. The van der Waals surface area contributed by atoms with Crippen LogP contribution in [-0.2, 0) is 11.0 Å². The summed E-state index contributed by atoms with van der Waals surface area (Å²) in [5.41, 5.74) is -0.782. The summed E-state index contributed by atoms with van der Waals surface area (Å²) in [5.74, 6) is -0.291. The Morgan fingerprint density at radius 1 is 1.31 bits per heavy atom. The zero-order chi connectivity index (χ0) is 20.9. The summed E-state index contributed by atoms with van der Waals surface area (Å²) in [6.07, 6.45) is -0.728. The van der Waals surface area contributed by atoms with Crippen LogP contribution in [0.1, 0.15) is 24.1 Å². The minimum atomic E-state index is -4.48. The van der Waals surface area contributed by atoms with Gasteiger partial charge in [0.1, 0.15) is 17.9 Å². The fraction of sp³-hybridized carbons (Fsp3) is 0.368. The molecule has 1 saturated heterocycles. The average molecular weight is 406 g/mol. The van der Waals surface area contributed by atoms with E-state index in [1.165, 1.54) is 29.4 Å². The fourth-order valence-electron chi connectivity index (χ4n) is 2.91. The van der Waals surface area contributed by atoms with Gasteiger partial charge in [-0.3, -0.25) is 4.79 Å². The molecule has 1 aliphatic rings. The van der Waals surface area contributed by atoms with E-state index in [1.54, 1.807) is 0 Å². The van der Waals surface area contributed by atoms with Crippen molar-refractivity contribution < 1.29 is 27.4 Å². The van der Waals surface area contributed by atoms with Crippen molar-refractivity contribution in [3.05, 3.63) is 47.9 Å². The minimum absolute atomic E-state index is 0.0313. The van der Waals surface area contributed by atoms with E-state index >= 15 is 0 Å². The summed E-state index contributed by atoms with van der Waals surface area (Å²) in [7, 11) is 0. The van der Waals surface area contributed by atoms with E-state index in [0.717, 1.165) is 12.1 Å². The molecular weight excluding hydrogens is 389 g/mol. The molecule has 2 aromatic rings. The SMILES string of the molecule is N#Cc1nccnc1OC1CCCN(C(=O)COc2cccc(C(F)(F)F)c2)C1. The minimum Gasteiger partial charge on any atom is -0.484 e. The fourth-order valence-corrected chi connectivity index (χ4v) is 2.91. The third kappa shape index (κ3) is 5.34. The first-order valence-corrected chi connectivity index (χ1v) is 8.82. The number of hydrogen-bond donors (Lipinski definition) is 0. The second-order valence-corrected chi connectivity index (χ2v) is 6.36. The molecule has 0 aliphatic carbocycles. The van der Waals surface area contributed by atoms with E-state index in [1.807, 2.05) is 6.07 Å². The molecule has 7 nitrogen and oxygen atoms in total. The maximum Gasteiger partial charge on any atom is 0.416 e. The third-order valence-corrected chi connectivity index (χ3v) is 4.30. The van der Waals surface area contributed by atoms with Crippen molar-refractivity contribution in [3.63, 3.8) is 0 Å². The van der Waals surface area contributed by atoms with E-state index < -0.39 is 11.7 Å². The third-order valence-electron chi connectivity index (χ3n) is 4.30. The molecule has 1 amide bonds. The van der Waals surface area contributed by atoms with Crippen LogP contribution in [0.5, 0.6) is 11.6 Å². The van der Waals surface area contributed by atoms with E-state index in [4.69, 9.17) is 14.7 Å². The number of amides is 1. The summed E-state index contributed by atoms with van der Waals surface area (Å²) in [5, 5.41) is 9.05. The van der Waals surface area contributed by atoms with Gasteiger partial charge in [-0.1, -0.05) is 6.07 Å². The lowest BCUT2D eigenvalue weighted by atomic mass is 10.1. The van der Waals surface area contributed by atoms with Gasteiger partial charge >= 0.3 is 6.18 Å². The molecule has 1 aromatic heterocycles. The Labute approximate surface area is 164 Å². The number of likely N-dealkylation sites (tertiary alicyclic amines) is 1. The second-order valence-electron chi connectivity index (χ2n) is 6.36. The molecule has 29 heavy (non-hydrogen) atoms. The van der Waals surface area contributed by atoms with Gasteiger partial charge in [-0.25, -0.2) is 9.97 Å². The lowest BCUT2D eigenvalue weighted by Gasteiger charge is -2.32. The number of nitriles is 1. The zero-order valence-electron chi connectivity index (χ0n) is 15.2. The Hall–Kier alpha value is -3.35. The first kappa shape index (κ1) is 20.4. The molecule has 0 spiro atoms. The molecule has 0 bridgehead atoms. The van der Waals surface area contributed by atoms with Crippen LogP contribution < -0.4 is 9.47 Å². The number of benzene rings is 1. The Bertz CT molecular complexity index is 914. The Morgan fingerprint density at radius 2 is 2.10 bits per heavy atom. The standard InChI is InChI=1S/C19H17F3N4O3/c20-19(21,22)13-3-1-4-14(9-13)28-12-17(27)26-8-2-5-15(11-26)29-18-16(10-23)24-6-7-25-18/h1,3-4,6-7,9,15H,2,5,8,11-12H2. The number of piperidine rings is 1. The van der Waals surface area contributed by atoms with Gasteiger partial charge in [0.2, 0.25) is 5.69 Å². The molecule has 1 unspecified atom stereocenters. The van der Waals surface area contributed by atoms with Crippen molar-refractivity contribution in [1.29, 1.82) is 5.26 Å². The Kier molecular flexibility index (Phi) is 6.16. The molecule has 0 N–H and O–H groups in total. The molecule has 10 heteroatoms. The Balaban J connectivity index is 1.57. The lowest BCUT2D eigenvalue weighted by Crippen LogP contribution is -2.46. The topological polar surface area (TPSA) is 88.3 Å². The number of alkyl halides is 3. The first-order valence-electron chi connectivity index (χ1n) is 8.82. The van der Waals surface area contributed by atoms with Crippen LogP contribution in [0.4, 0.5) is 13.2 Å². The number of aromatic nitrogens is 2. The highest BCUT2D eigenvalue weighted by atomic mass is 19.4. The predicted octanol–water partition coefficient (Wildman–Crippen LogP) is 2.82. The largest absolute Gasteiger partial charge is 0.484 e. The van der Waals surface area contributed by atoms with Crippen LogP contribution in [0.3, 0.4) is 0 Å². The molecule has 1 atom stereocenters. The number of nitrogens with zero attached hydrogens (tertiary/aromatic N) is 4. The second kappa shape index (κ2) is 8.77. The van der Waals surface area contributed by atoms with Crippen LogP contribution in [0.15, 0.2) is 36.7 Å². The lowest BCUT2D eigenvalue weighted by molar-refractivity contribution is -0.137. The quantitative estimate of drug-likeness (QED) is 0.759. The molecule has 152 valence electrons.